The number of hydrogen-bond donors (Lipinski definition) is 2. The largest absolute Gasteiger partial charge is 0.481 e. The van der Waals surface area contributed by atoms with Crippen molar-refractivity contribution in [3.8, 4) is 0 Å². The molecule has 1 atom stereocenters. The number of benzene rings is 1. The molecule has 0 aliphatic carbocycles. The summed E-state index contributed by atoms with van der Waals surface area (Å²) in [6, 6.07) is 3.71. The molecule has 0 amide bonds. The summed E-state index contributed by atoms with van der Waals surface area (Å²) in [5.41, 5.74) is 0. The highest BCUT2D eigenvalue weighted by atomic mass is 35.5. The zero-order valence-corrected chi connectivity index (χ0v) is 12.3. The van der Waals surface area contributed by atoms with Crippen molar-refractivity contribution in [2.45, 2.75) is 24.7 Å². The van der Waals surface area contributed by atoms with Gasteiger partial charge in [-0.15, -0.1) is 0 Å². The fourth-order valence-corrected chi connectivity index (χ4v) is 2.91. The van der Waals surface area contributed by atoms with Crippen molar-refractivity contribution in [1.29, 1.82) is 0 Å². The summed E-state index contributed by atoms with van der Waals surface area (Å²) in [5, 5.41) is 8.41. The van der Waals surface area contributed by atoms with Crippen LogP contribution in [0.2, 0.25) is 5.02 Å². The van der Waals surface area contributed by atoms with Gasteiger partial charge >= 0.3 is 5.97 Å². The van der Waals surface area contributed by atoms with E-state index in [1.54, 1.807) is 0 Å². The third-order valence-corrected chi connectivity index (χ3v) is 4.50. The van der Waals surface area contributed by atoms with Crippen molar-refractivity contribution in [1.82, 2.24) is 4.72 Å². The average molecular weight is 324 g/mol. The Morgan fingerprint density at radius 2 is 2.15 bits per heavy atom. The van der Waals surface area contributed by atoms with Crippen LogP contribution in [-0.2, 0) is 14.8 Å². The van der Waals surface area contributed by atoms with Crippen LogP contribution in [-0.4, -0.2) is 26.0 Å². The zero-order chi connectivity index (χ0) is 15.3. The van der Waals surface area contributed by atoms with Gasteiger partial charge in [-0.3, -0.25) is 4.79 Å². The molecule has 112 valence electrons. The molecule has 0 radical (unpaired) electrons. The van der Waals surface area contributed by atoms with Crippen LogP contribution in [0, 0.1) is 11.7 Å². The van der Waals surface area contributed by atoms with Gasteiger partial charge in [-0.25, -0.2) is 17.5 Å². The van der Waals surface area contributed by atoms with Crippen LogP contribution < -0.4 is 4.72 Å². The molecule has 0 bridgehead atoms. The predicted molar refractivity (Wildman–Crippen MR) is 72.6 cm³/mol. The van der Waals surface area contributed by atoms with E-state index in [1.807, 2.05) is 0 Å². The van der Waals surface area contributed by atoms with Gasteiger partial charge in [-0.1, -0.05) is 24.6 Å². The van der Waals surface area contributed by atoms with E-state index in [0.717, 1.165) is 6.07 Å². The summed E-state index contributed by atoms with van der Waals surface area (Å²) in [6.45, 7) is 1.57. The highest BCUT2D eigenvalue weighted by Gasteiger charge is 2.20. The standard InChI is InChI=1S/C12H15ClFNO4S/c1-8(12(16)17)4-3-7-15-20(18,19)10-6-2-5-9(13)11(10)14/h2,5-6,8,15H,3-4,7H2,1H3,(H,16,17). The minimum atomic E-state index is -3.99. The van der Waals surface area contributed by atoms with Crippen molar-refractivity contribution >= 4 is 27.6 Å². The first-order chi connectivity index (χ1) is 9.25. The molecule has 1 rings (SSSR count). The van der Waals surface area contributed by atoms with Crippen LogP contribution in [0.4, 0.5) is 4.39 Å². The summed E-state index contributed by atoms with van der Waals surface area (Å²) in [6.07, 6.45) is 0.671. The van der Waals surface area contributed by atoms with Crippen LogP contribution >= 0.6 is 11.6 Å². The Morgan fingerprint density at radius 1 is 1.50 bits per heavy atom. The molecule has 2 N–H and O–H groups in total. The zero-order valence-electron chi connectivity index (χ0n) is 10.8. The average Bonchev–Trinajstić information content (AvgIpc) is 2.37. The number of hydrogen-bond acceptors (Lipinski definition) is 3. The molecule has 8 heteroatoms. The Bertz CT molecular complexity index is 591. The number of carboxylic acids is 1. The molecule has 0 heterocycles. The van der Waals surface area contributed by atoms with E-state index in [0.29, 0.717) is 12.8 Å². The van der Waals surface area contributed by atoms with E-state index in [-0.39, 0.29) is 11.6 Å². The van der Waals surface area contributed by atoms with Gasteiger partial charge in [0, 0.05) is 6.54 Å². The highest BCUT2D eigenvalue weighted by Crippen LogP contribution is 2.21. The molecule has 1 aromatic carbocycles. The first-order valence-electron chi connectivity index (χ1n) is 5.92. The Hall–Kier alpha value is -1.18. The Balaban J connectivity index is 2.63. The summed E-state index contributed by atoms with van der Waals surface area (Å²) < 4.78 is 39.5. The first-order valence-corrected chi connectivity index (χ1v) is 7.78. The van der Waals surface area contributed by atoms with Gasteiger partial charge in [0.1, 0.15) is 4.90 Å². The van der Waals surface area contributed by atoms with E-state index >= 15 is 0 Å². The number of sulfonamides is 1. The maximum Gasteiger partial charge on any atom is 0.306 e. The third-order valence-electron chi connectivity index (χ3n) is 2.73. The highest BCUT2D eigenvalue weighted by molar-refractivity contribution is 7.89. The lowest BCUT2D eigenvalue weighted by Crippen LogP contribution is -2.26. The van der Waals surface area contributed by atoms with Crippen molar-refractivity contribution in [2.24, 2.45) is 5.92 Å². The molecule has 0 spiro atoms. The summed E-state index contributed by atoms with van der Waals surface area (Å²) >= 11 is 5.53. The molecule has 5 nitrogen and oxygen atoms in total. The van der Waals surface area contributed by atoms with Gasteiger partial charge in [-0.2, -0.15) is 0 Å². The van der Waals surface area contributed by atoms with Gasteiger partial charge in [-0.05, 0) is 25.0 Å². The van der Waals surface area contributed by atoms with E-state index in [1.165, 1.54) is 19.1 Å². The summed E-state index contributed by atoms with van der Waals surface area (Å²) in [5.74, 6) is -2.49. The number of carboxylic acid groups (broad SMARTS) is 1. The molecule has 0 aliphatic heterocycles. The van der Waals surface area contributed by atoms with E-state index in [2.05, 4.69) is 4.72 Å². The monoisotopic (exact) mass is 323 g/mol. The van der Waals surface area contributed by atoms with Crippen LogP contribution in [0.25, 0.3) is 0 Å². The molecule has 20 heavy (non-hydrogen) atoms. The first kappa shape index (κ1) is 16.9. The third kappa shape index (κ3) is 4.43. The van der Waals surface area contributed by atoms with Crippen molar-refractivity contribution < 1.29 is 22.7 Å². The van der Waals surface area contributed by atoms with E-state index < -0.39 is 32.6 Å². The number of carbonyl (C=O) groups is 1. The lowest BCUT2D eigenvalue weighted by Gasteiger charge is -2.09. The lowest BCUT2D eigenvalue weighted by atomic mass is 10.1. The molecule has 0 saturated carbocycles. The van der Waals surface area contributed by atoms with E-state index in [9.17, 15) is 17.6 Å². The Morgan fingerprint density at radius 3 is 2.75 bits per heavy atom. The van der Waals surface area contributed by atoms with Crippen LogP contribution in [0.1, 0.15) is 19.8 Å². The predicted octanol–water partition coefficient (Wildman–Crippen LogP) is 2.26. The number of halogens is 2. The second-order valence-electron chi connectivity index (χ2n) is 4.33. The van der Waals surface area contributed by atoms with Gasteiger partial charge in [0.25, 0.3) is 0 Å². The minimum Gasteiger partial charge on any atom is -0.481 e. The maximum absolute atomic E-state index is 13.6. The molecular formula is C12H15ClFNO4S. The summed E-state index contributed by atoms with van der Waals surface area (Å²) in [4.78, 5) is 10.1. The maximum atomic E-state index is 13.6. The van der Waals surface area contributed by atoms with Crippen LogP contribution in [0.5, 0.6) is 0 Å². The topological polar surface area (TPSA) is 83.5 Å². The fourth-order valence-electron chi connectivity index (χ4n) is 1.51. The smallest absolute Gasteiger partial charge is 0.306 e. The quantitative estimate of drug-likeness (QED) is 0.754. The number of nitrogens with one attached hydrogen (secondary N) is 1. The molecule has 0 aromatic heterocycles. The van der Waals surface area contributed by atoms with Gasteiger partial charge in [0.2, 0.25) is 10.0 Å². The van der Waals surface area contributed by atoms with Gasteiger partial charge in [0.05, 0.1) is 10.9 Å². The van der Waals surface area contributed by atoms with Crippen LogP contribution in [0.3, 0.4) is 0 Å². The molecule has 0 aliphatic rings. The number of rotatable bonds is 7. The molecule has 1 unspecified atom stereocenters. The fraction of sp³-hybridized carbons (Fsp3) is 0.417. The second-order valence-corrected chi connectivity index (χ2v) is 6.47. The Kier molecular flexibility index (Phi) is 5.91. The van der Waals surface area contributed by atoms with Crippen molar-refractivity contribution in [3.05, 3.63) is 29.0 Å². The molecule has 0 saturated heterocycles. The minimum absolute atomic E-state index is 0.0336. The number of aliphatic carboxylic acids is 1. The SMILES string of the molecule is CC(CCCNS(=O)(=O)c1cccc(Cl)c1F)C(=O)O. The Labute approximate surface area is 121 Å². The van der Waals surface area contributed by atoms with Gasteiger partial charge < -0.3 is 5.11 Å². The molecule has 1 aromatic rings. The van der Waals surface area contributed by atoms with Crippen LogP contribution in [0.15, 0.2) is 23.1 Å². The van der Waals surface area contributed by atoms with Gasteiger partial charge in [0.15, 0.2) is 5.82 Å². The van der Waals surface area contributed by atoms with E-state index in [4.69, 9.17) is 16.7 Å². The summed E-state index contributed by atoms with van der Waals surface area (Å²) in [7, 11) is -3.99. The normalized spacial score (nSPS) is 13.2. The van der Waals surface area contributed by atoms with Crippen molar-refractivity contribution in [2.75, 3.05) is 6.54 Å². The lowest BCUT2D eigenvalue weighted by molar-refractivity contribution is -0.141. The molecular weight excluding hydrogens is 309 g/mol. The van der Waals surface area contributed by atoms with Crippen molar-refractivity contribution in [3.63, 3.8) is 0 Å². The molecule has 0 fully saturated rings. The second kappa shape index (κ2) is 7.01.